The number of hydrogen-bond acceptors (Lipinski definition) is 1. The molecule has 2 N–H and O–H groups in total. The summed E-state index contributed by atoms with van der Waals surface area (Å²) in [7, 11) is 0. The van der Waals surface area contributed by atoms with E-state index in [1.807, 2.05) is 0 Å². The van der Waals surface area contributed by atoms with Crippen molar-refractivity contribution in [3.05, 3.63) is 35.4 Å². The van der Waals surface area contributed by atoms with Crippen molar-refractivity contribution in [2.24, 2.45) is 11.1 Å². The summed E-state index contributed by atoms with van der Waals surface area (Å²) in [5.74, 6) is 0. The van der Waals surface area contributed by atoms with Gasteiger partial charge in [0, 0.05) is 0 Å². The minimum atomic E-state index is 0.504. The Balaban J connectivity index is 1.82. The summed E-state index contributed by atoms with van der Waals surface area (Å²) in [5, 5.41) is 0. The van der Waals surface area contributed by atoms with Crippen molar-refractivity contribution in [1.29, 1.82) is 0 Å². The smallest absolute Gasteiger partial charge is 0.00463 e. The summed E-state index contributed by atoms with van der Waals surface area (Å²) < 4.78 is 0. The van der Waals surface area contributed by atoms with E-state index in [-0.39, 0.29) is 0 Å². The molecule has 1 aromatic carbocycles. The molecule has 3 fully saturated rings. The Kier molecular flexibility index (Phi) is 2.97. The first kappa shape index (κ1) is 12.2. The zero-order valence-electron chi connectivity index (χ0n) is 11.5. The Bertz CT molecular complexity index is 393. The minimum Gasteiger partial charge on any atom is -0.330 e. The van der Waals surface area contributed by atoms with Gasteiger partial charge in [0.15, 0.2) is 0 Å². The van der Waals surface area contributed by atoms with E-state index >= 15 is 0 Å². The van der Waals surface area contributed by atoms with Gasteiger partial charge in [-0.25, -0.2) is 0 Å². The summed E-state index contributed by atoms with van der Waals surface area (Å²) in [4.78, 5) is 0. The van der Waals surface area contributed by atoms with Crippen LogP contribution in [0.15, 0.2) is 24.3 Å². The second-order valence-electron chi connectivity index (χ2n) is 6.69. The molecular weight excluding hydrogens is 218 g/mol. The number of aryl methyl sites for hydroxylation is 1. The van der Waals surface area contributed by atoms with Gasteiger partial charge in [-0.2, -0.15) is 0 Å². The summed E-state index contributed by atoms with van der Waals surface area (Å²) in [6.45, 7) is 3.05. The zero-order valence-corrected chi connectivity index (χ0v) is 11.5. The largest absolute Gasteiger partial charge is 0.330 e. The Morgan fingerprint density at radius 3 is 2.00 bits per heavy atom. The average molecular weight is 243 g/mol. The van der Waals surface area contributed by atoms with E-state index in [1.54, 1.807) is 5.56 Å². The lowest BCUT2D eigenvalue weighted by atomic mass is 9.51. The normalized spacial score (nSPS) is 34.8. The summed E-state index contributed by atoms with van der Waals surface area (Å²) in [6.07, 6.45) is 9.60. The van der Waals surface area contributed by atoms with Crippen molar-refractivity contribution in [1.82, 2.24) is 0 Å². The molecule has 0 aliphatic heterocycles. The van der Waals surface area contributed by atoms with Gasteiger partial charge in [0.05, 0.1) is 0 Å². The molecule has 98 valence electrons. The van der Waals surface area contributed by atoms with E-state index in [4.69, 9.17) is 5.73 Å². The first-order valence-electron chi connectivity index (χ1n) is 7.45. The molecule has 0 spiro atoms. The highest BCUT2D eigenvalue weighted by atomic mass is 14.6. The molecule has 1 heteroatoms. The van der Waals surface area contributed by atoms with Crippen LogP contribution in [0.25, 0.3) is 0 Å². The second-order valence-corrected chi connectivity index (χ2v) is 6.69. The third-order valence-corrected chi connectivity index (χ3v) is 5.74. The number of rotatable bonds is 3. The highest BCUT2D eigenvalue weighted by molar-refractivity contribution is 5.31. The van der Waals surface area contributed by atoms with Crippen LogP contribution in [0.3, 0.4) is 0 Å². The van der Waals surface area contributed by atoms with E-state index in [0.717, 1.165) is 6.54 Å². The molecule has 3 aliphatic carbocycles. The quantitative estimate of drug-likeness (QED) is 0.855. The highest BCUT2D eigenvalue weighted by Crippen LogP contribution is 2.58. The van der Waals surface area contributed by atoms with E-state index in [1.165, 1.54) is 50.5 Å². The van der Waals surface area contributed by atoms with Gasteiger partial charge in [-0.05, 0) is 74.8 Å². The van der Waals surface area contributed by atoms with Crippen LogP contribution in [0.4, 0.5) is 0 Å². The number of fused-ring (bicyclic) bond motifs is 3. The van der Waals surface area contributed by atoms with Crippen LogP contribution in [0, 0.1) is 12.3 Å². The predicted molar refractivity (Wildman–Crippen MR) is 76.7 cm³/mol. The molecule has 0 unspecified atom stereocenters. The minimum absolute atomic E-state index is 0.504. The molecule has 0 radical (unpaired) electrons. The fourth-order valence-electron chi connectivity index (χ4n) is 4.28. The first-order valence-corrected chi connectivity index (χ1v) is 7.45. The lowest BCUT2D eigenvalue weighted by Gasteiger charge is -2.54. The van der Waals surface area contributed by atoms with Crippen LogP contribution in [-0.2, 0) is 5.41 Å². The zero-order chi connectivity index (χ0) is 12.6. The number of nitrogens with two attached hydrogens (primary N) is 1. The van der Waals surface area contributed by atoms with Crippen LogP contribution in [-0.4, -0.2) is 6.54 Å². The molecule has 0 heterocycles. The summed E-state index contributed by atoms with van der Waals surface area (Å²) in [6, 6.07) is 9.30. The molecule has 1 aromatic rings. The lowest BCUT2D eigenvalue weighted by Crippen LogP contribution is -2.44. The van der Waals surface area contributed by atoms with Gasteiger partial charge in [0.2, 0.25) is 0 Å². The maximum atomic E-state index is 5.80. The van der Waals surface area contributed by atoms with Crippen LogP contribution in [0.5, 0.6) is 0 Å². The SMILES string of the molecule is Cc1ccc(C23CCC(CCN)(CC2)CC3)cc1. The Morgan fingerprint density at radius 1 is 0.944 bits per heavy atom. The summed E-state index contributed by atoms with van der Waals surface area (Å²) in [5.41, 5.74) is 9.88. The van der Waals surface area contributed by atoms with Crippen molar-refractivity contribution >= 4 is 0 Å². The Labute approximate surface area is 111 Å². The maximum Gasteiger partial charge on any atom is -0.00463 e. The van der Waals surface area contributed by atoms with E-state index < -0.39 is 0 Å². The summed E-state index contributed by atoms with van der Waals surface area (Å²) >= 11 is 0. The van der Waals surface area contributed by atoms with Gasteiger partial charge in [-0.3, -0.25) is 0 Å². The van der Waals surface area contributed by atoms with Crippen molar-refractivity contribution in [3.63, 3.8) is 0 Å². The monoisotopic (exact) mass is 243 g/mol. The molecule has 4 rings (SSSR count). The molecule has 0 aromatic heterocycles. The molecule has 0 saturated heterocycles. The number of benzene rings is 1. The van der Waals surface area contributed by atoms with E-state index in [9.17, 15) is 0 Å². The third kappa shape index (κ3) is 1.89. The molecule has 18 heavy (non-hydrogen) atoms. The number of hydrogen-bond donors (Lipinski definition) is 1. The third-order valence-electron chi connectivity index (χ3n) is 5.74. The van der Waals surface area contributed by atoms with Gasteiger partial charge in [0.25, 0.3) is 0 Å². The maximum absolute atomic E-state index is 5.80. The molecular formula is C17H25N. The molecule has 2 bridgehead atoms. The Morgan fingerprint density at radius 2 is 1.50 bits per heavy atom. The van der Waals surface area contributed by atoms with Crippen LogP contribution in [0.1, 0.15) is 56.1 Å². The standard InChI is InChI=1S/C17H25N/c1-14-2-4-15(5-3-14)17-9-6-16(7-10-17,8-11-17)12-13-18/h2-5H,6-13,18H2,1H3. The van der Waals surface area contributed by atoms with Crippen LogP contribution >= 0.6 is 0 Å². The molecule has 1 nitrogen and oxygen atoms in total. The fourth-order valence-corrected chi connectivity index (χ4v) is 4.28. The van der Waals surface area contributed by atoms with Crippen LogP contribution < -0.4 is 5.73 Å². The van der Waals surface area contributed by atoms with Gasteiger partial charge in [-0.15, -0.1) is 0 Å². The predicted octanol–water partition coefficient (Wildman–Crippen LogP) is 3.94. The van der Waals surface area contributed by atoms with Crippen molar-refractivity contribution in [2.45, 2.75) is 57.3 Å². The van der Waals surface area contributed by atoms with E-state index in [2.05, 4.69) is 31.2 Å². The van der Waals surface area contributed by atoms with Crippen molar-refractivity contribution < 1.29 is 0 Å². The molecule has 0 atom stereocenters. The Hall–Kier alpha value is -0.820. The van der Waals surface area contributed by atoms with Crippen LogP contribution in [0.2, 0.25) is 0 Å². The highest BCUT2D eigenvalue weighted by Gasteiger charge is 2.48. The van der Waals surface area contributed by atoms with E-state index in [0.29, 0.717) is 10.8 Å². The molecule has 3 aliphatic rings. The first-order chi connectivity index (χ1) is 8.68. The molecule has 0 amide bonds. The van der Waals surface area contributed by atoms with Gasteiger partial charge < -0.3 is 5.73 Å². The average Bonchev–Trinajstić information content (AvgIpc) is 2.42. The topological polar surface area (TPSA) is 26.0 Å². The molecule has 3 saturated carbocycles. The van der Waals surface area contributed by atoms with Gasteiger partial charge >= 0.3 is 0 Å². The van der Waals surface area contributed by atoms with Crippen molar-refractivity contribution in [3.8, 4) is 0 Å². The van der Waals surface area contributed by atoms with Gasteiger partial charge in [0.1, 0.15) is 0 Å². The second kappa shape index (κ2) is 4.38. The fraction of sp³-hybridized carbons (Fsp3) is 0.647. The van der Waals surface area contributed by atoms with Gasteiger partial charge in [-0.1, -0.05) is 29.8 Å². The van der Waals surface area contributed by atoms with Crippen molar-refractivity contribution in [2.75, 3.05) is 6.54 Å². The lowest BCUT2D eigenvalue weighted by molar-refractivity contribution is 0.0346.